The number of aromatic nitrogens is 2. The number of hydrogen-bond donors (Lipinski definition) is 1. The fourth-order valence-corrected chi connectivity index (χ4v) is 5.91. The minimum atomic E-state index is -0.471. The second-order valence-corrected chi connectivity index (χ2v) is 10.1. The van der Waals surface area contributed by atoms with Gasteiger partial charge in [-0.1, -0.05) is 6.08 Å². The summed E-state index contributed by atoms with van der Waals surface area (Å²) in [6.45, 7) is 11.7. The molecule has 4 aliphatic heterocycles. The molecule has 0 radical (unpaired) electrons. The average Bonchev–Trinajstić information content (AvgIpc) is 2.86. The van der Waals surface area contributed by atoms with E-state index in [9.17, 15) is 4.79 Å². The van der Waals surface area contributed by atoms with Crippen molar-refractivity contribution in [1.29, 1.82) is 0 Å². The summed E-state index contributed by atoms with van der Waals surface area (Å²) in [5.41, 5.74) is 3.59. The summed E-state index contributed by atoms with van der Waals surface area (Å²) < 4.78 is 17.1. The van der Waals surface area contributed by atoms with Gasteiger partial charge in [0.2, 0.25) is 0 Å². The Morgan fingerprint density at radius 1 is 1.19 bits per heavy atom. The zero-order valence-corrected chi connectivity index (χ0v) is 21.2. The first-order valence-corrected chi connectivity index (χ1v) is 12.8. The largest absolute Gasteiger partial charge is 0.368 e. The van der Waals surface area contributed by atoms with Crippen LogP contribution in [0.1, 0.15) is 19.4 Å². The maximum Gasteiger partial charge on any atom is 0.349 e. The van der Waals surface area contributed by atoms with E-state index < -0.39 is 11.5 Å². The van der Waals surface area contributed by atoms with Crippen molar-refractivity contribution in [3.8, 4) is 0 Å². The molecule has 1 N–H and O–H groups in total. The van der Waals surface area contributed by atoms with Gasteiger partial charge in [-0.3, -0.25) is 9.47 Å². The molecule has 2 aromatic rings. The van der Waals surface area contributed by atoms with Gasteiger partial charge in [0.05, 0.1) is 29.2 Å². The summed E-state index contributed by atoms with van der Waals surface area (Å²) in [5.74, 6) is 0.0404. The van der Waals surface area contributed by atoms with Crippen LogP contribution in [-0.2, 0) is 13.1 Å². The number of likely N-dealkylation sites (N-methyl/N-ethyl adjacent to an activating group) is 1. The van der Waals surface area contributed by atoms with E-state index in [-0.39, 0.29) is 5.52 Å². The molecule has 4 aliphatic rings. The maximum absolute atomic E-state index is 15.6. The third-order valence-electron chi connectivity index (χ3n) is 7.93. The van der Waals surface area contributed by atoms with E-state index in [1.807, 2.05) is 13.0 Å². The number of piperazine rings is 1. The number of nitrogens with one attached hydrogen (secondary N) is 1. The summed E-state index contributed by atoms with van der Waals surface area (Å²) in [4.78, 5) is 30.5. The Bertz CT molecular complexity index is 1350. The minimum Gasteiger partial charge on any atom is -0.368 e. The topological polar surface area (TPSA) is 72.2 Å². The minimum absolute atomic E-state index is 0.102. The molecule has 6 rings (SSSR count). The number of benzene rings is 1. The van der Waals surface area contributed by atoms with E-state index in [0.717, 1.165) is 51.5 Å². The van der Waals surface area contributed by atoms with Crippen LogP contribution in [0.15, 0.2) is 39.4 Å². The first kappa shape index (κ1) is 23.2. The average molecular weight is 493 g/mol. The van der Waals surface area contributed by atoms with Crippen molar-refractivity contribution in [2.75, 3.05) is 58.2 Å². The van der Waals surface area contributed by atoms with Gasteiger partial charge in [0.25, 0.3) is 0 Å². The van der Waals surface area contributed by atoms with Gasteiger partial charge in [0.15, 0.2) is 5.82 Å². The molecule has 1 aromatic carbocycles. The lowest BCUT2D eigenvalue weighted by atomic mass is 10.0. The molecule has 0 saturated carbocycles. The zero-order valence-electron chi connectivity index (χ0n) is 21.2. The number of aliphatic imine (C=N–C) groups is 1. The molecule has 0 atom stereocenters. The smallest absolute Gasteiger partial charge is 0.349 e. The van der Waals surface area contributed by atoms with Crippen molar-refractivity contribution in [2.24, 2.45) is 4.99 Å². The van der Waals surface area contributed by atoms with Crippen molar-refractivity contribution in [3.05, 3.63) is 51.5 Å². The van der Waals surface area contributed by atoms with Gasteiger partial charge >= 0.3 is 5.69 Å². The lowest BCUT2D eigenvalue weighted by molar-refractivity contribution is 0.0774. The van der Waals surface area contributed by atoms with Gasteiger partial charge in [-0.25, -0.2) is 14.2 Å². The van der Waals surface area contributed by atoms with Gasteiger partial charge in [0, 0.05) is 70.2 Å². The van der Waals surface area contributed by atoms with Gasteiger partial charge in [-0.2, -0.15) is 4.98 Å². The van der Waals surface area contributed by atoms with Crippen molar-refractivity contribution in [3.63, 3.8) is 0 Å². The highest BCUT2D eigenvalue weighted by molar-refractivity contribution is 6.06. The van der Waals surface area contributed by atoms with Crippen LogP contribution in [0.5, 0.6) is 0 Å². The molecule has 5 heterocycles. The third kappa shape index (κ3) is 3.79. The zero-order chi connectivity index (χ0) is 25.0. The molecule has 190 valence electrons. The van der Waals surface area contributed by atoms with Crippen molar-refractivity contribution >= 4 is 28.7 Å². The SMILES string of the molecule is CCn1c2c3c(cc(CN4CCN(C5=C(C)N(C6CN(C)C6)CC=C5)CC4)c(F)c3nc1=O)NC=N2. The molecule has 2 saturated heterocycles. The standard InChI is InChI=1S/C26H33FN8O/c1-4-34-25-22-20(28-16-29-25)12-18(23(27)24(22)30-26(34)36)13-32-8-10-33(11-9-32)21-6-5-7-35(17(21)2)19-14-31(3)15-19/h5-6,12,16,19H,4,7-11,13-15H2,1-3H3,(H,28,29). The number of anilines is 1. The summed E-state index contributed by atoms with van der Waals surface area (Å²) >= 11 is 0. The Balaban J connectivity index is 1.19. The van der Waals surface area contributed by atoms with E-state index in [0.29, 0.717) is 35.9 Å². The van der Waals surface area contributed by atoms with Crippen LogP contribution in [0.25, 0.3) is 10.9 Å². The van der Waals surface area contributed by atoms with Crippen molar-refractivity contribution in [2.45, 2.75) is 33.0 Å². The summed E-state index contributed by atoms with van der Waals surface area (Å²) in [7, 11) is 2.17. The summed E-state index contributed by atoms with van der Waals surface area (Å²) in [6, 6.07) is 2.44. The van der Waals surface area contributed by atoms with Crippen LogP contribution in [0.2, 0.25) is 0 Å². The van der Waals surface area contributed by atoms with Gasteiger partial charge in [-0.15, -0.1) is 0 Å². The Hall–Kier alpha value is -3.24. The molecule has 36 heavy (non-hydrogen) atoms. The highest BCUT2D eigenvalue weighted by atomic mass is 19.1. The first-order valence-electron chi connectivity index (χ1n) is 12.8. The van der Waals surface area contributed by atoms with Crippen LogP contribution in [0.3, 0.4) is 0 Å². The Morgan fingerprint density at radius 2 is 1.97 bits per heavy atom. The molecule has 0 aliphatic carbocycles. The lowest BCUT2D eigenvalue weighted by Gasteiger charge is -2.47. The maximum atomic E-state index is 15.6. The number of nitrogens with zero attached hydrogens (tertiary/aromatic N) is 7. The quantitative estimate of drug-likeness (QED) is 0.686. The highest BCUT2D eigenvalue weighted by Crippen LogP contribution is 2.36. The number of rotatable bonds is 5. The van der Waals surface area contributed by atoms with Gasteiger partial charge < -0.3 is 20.0 Å². The molecular weight excluding hydrogens is 459 g/mol. The second-order valence-electron chi connectivity index (χ2n) is 10.1. The normalized spacial score (nSPS) is 20.9. The van der Waals surface area contributed by atoms with E-state index in [4.69, 9.17) is 0 Å². The monoisotopic (exact) mass is 492 g/mol. The number of hydrogen-bond acceptors (Lipinski definition) is 8. The predicted octanol–water partition coefficient (Wildman–Crippen LogP) is 2.18. The van der Waals surface area contributed by atoms with Crippen LogP contribution in [0.4, 0.5) is 15.9 Å². The Labute approximate surface area is 210 Å². The van der Waals surface area contributed by atoms with E-state index in [1.165, 1.54) is 16.0 Å². The Morgan fingerprint density at radius 3 is 2.69 bits per heavy atom. The van der Waals surface area contributed by atoms with E-state index in [2.05, 4.69) is 61.0 Å². The molecule has 0 bridgehead atoms. The summed E-state index contributed by atoms with van der Waals surface area (Å²) in [6.07, 6.45) is 6.09. The van der Waals surface area contributed by atoms with Gasteiger partial charge in [0.1, 0.15) is 11.3 Å². The van der Waals surface area contributed by atoms with E-state index >= 15 is 4.39 Å². The molecule has 9 nitrogen and oxygen atoms in total. The second kappa shape index (κ2) is 9.01. The van der Waals surface area contributed by atoms with Crippen LogP contribution < -0.4 is 11.0 Å². The van der Waals surface area contributed by atoms with Crippen molar-refractivity contribution < 1.29 is 4.39 Å². The molecule has 10 heteroatoms. The lowest BCUT2D eigenvalue weighted by Crippen LogP contribution is -2.58. The molecule has 2 fully saturated rings. The predicted molar refractivity (Wildman–Crippen MR) is 140 cm³/mol. The van der Waals surface area contributed by atoms with Crippen LogP contribution in [-0.4, -0.2) is 94.4 Å². The van der Waals surface area contributed by atoms with E-state index in [1.54, 1.807) is 6.34 Å². The summed E-state index contributed by atoms with van der Waals surface area (Å²) in [5, 5.41) is 3.69. The molecule has 0 unspecified atom stereocenters. The first-order chi connectivity index (χ1) is 17.4. The fourth-order valence-electron chi connectivity index (χ4n) is 5.91. The van der Waals surface area contributed by atoms with Gasteiger partial charge in [-0.05, 0) is 33.0 Å². The van der Waals surface area contributed by atoms with Crippen LogP contribution in [0, 0.1) is 5.82 Å². The Kier molecular flexibility index (Phi) is 5.80. The number of likely N-dealkylation sites (tertiary alicyclic amines) is 1. The van der Waals surface area contributed by atoms with Crippen molar-refractivity contribution in [1.82, 2.24) is 29.2 Å². The highest BCUT2D eigenvalue weighted by Gasteiger charge is 2.32. The molecule has 0 spiro atoms. The number of allylic oxidation sites excluding steroid dienone is 2. The molecular formula is C26H33FN8O. The van der Waals surface area contributed by atoms with Crippen LogP contribution >= 0.6 is 0 Å². The molecule has 0 amide bonds. The fraction of sp³-hybridized carbons (Fsp3) is 0.500. The third-order valence-corrected chi connectivity index (χ3v) is 7.93. The number of halogens is 1. The molecule has 1 aromatic heterocycles.